The number of ether oxygens (including phenoxy) is 1. The summed E-state index contributed by atoms with van der Waals surface area (Å²) in [6.45, 7) is 6.93. The van der Waals surface area contributed by atoms with Crippen LogP contribution in [0.2, 0.25) is 0 Å². The SMILES string of the molecule is COC1CCC(S(=O)(=O)c2ccc(N3CCN(C(C)C)CC3)cc2C(F)(F)F)C1. The van der Waals surface area contributed by atoms with Crippen molar-refractivity contribution >= 4 is 15.5 Å². The molecule has 1 aromatic rings. The van der Waals surface area contributed by atoms with Gasteiger partial charge in [-0.15, -0.1) is 0 Å². The second-order valence-corrected chi connectivity index (χ2v) is 10.3. The quantitative estimate of drug-likeness (QED) is 0.709. The van der Waals surface area contributed by atoms with Crippen molar-refractivity contribution in [3.05, 3.63) is 23.8 Å². The highest BCUT2D eigenvalue weighted by Crippen LogP contribution is 2.40. The Hall–Kier alpha value is -1.32. The number of hydrogen-bond donors (Lipinski definition) is 0. The van der Waals surface area contributed by atoms with Crippen molar-refractivity contribution < 1.29 is 26.3 Å². The third-order valence-electron chi connectivity index (χ3n) is 6.09. The lowest BCUT2D eigenvalue weighted by atomic mass is 10.1. The van der Waals surface area contributed by atoms with Crippen molar-refractivity contribution in [2.24, 2.45) is 0 Å². The highest BCUT2D eigenvalue weighted by molar-refractivity contribution is 7.92. The van der Waals surface area contributed by atoms with Crippen LogP contribution in [0.4, 0.5) is 18.9 Å². The molecule has 5 nitrogen and oxygen atoms in total. The summed E-state index contributed by atoms with van der Waals surface area (Å²) in [4.78, 5) is 3.55. The Kier molecular flexibility index (Phi) is 6.50. The summed E-state index contributed by atoms with van der Waals surface area (Å²) in [6, 6.07) is 4.04. The van der Waals surface area contributed by atoms with Gasteiger partial charge in [0, 0.05) is 45.0 Å². The van der Waals surface area contributed by atoms with Crippen molar-refractivity contribution in [3.8, 4) is 0 Å². The van der Waals surface area contributed by atoms with Crippen LogP contribution in [0.3, 0.4) is 0 Å². The fourth-order valence-corrected chi connectivity index (χ4v) is 6.27. The molecular weight excluding hydrogens is 405 g/mol. The first-order valence-corrected chi connectivity index (χ1v) is 11.6. The van der Waals surface area contributed by atoms with Gasteiger partial charge in [-0.25, -0.2) is 8.42 Å². The fraction of sp³-hybridized carbons (Fsp3) is 0.700. The van der Waals surface area contributed by atoms with Crippen molar-refractivity contribution in [2.45, 2.75) is 61.6 Å². The molecule has 1 saturated heterocycles. The largest absolute Gasteiger partial charge is 0.417 e. The summed E-state index contributed by atoms with van der Waals surface area (Å²) in [5.74, 6) is 0. The third kappa shape index (κ3) is 4.72. The number of methoxy groups -OCH3 is 1. The van der Waals surface area contributed by atoms with Gasteiger partial charge in [-0.3, -0.25) is 4.90 Å². The second-order valence-electron chi connectivity index (χ2n) is 8.13. The summed E-state index contributed by atoms with van der Waals surface area (Å²) < 4.78 is 72.6. The van der Waals surface area contributed by atoms with E-state index in [1.54, 1.807) is 0 Å². The lowest BCUT2D eigenvalue weighted by Gasteiger charge is -2.38. The molecule has 29 heavy (non-hydrogen) atoms. The topological polar surface area (TPSA) is 49.9 Å². The van der Waals surface area contributed by atoms with Gasteiger partial charge in [0.1, 0.15) is 0 Å². The van der Waals surface area contributed by atoms with Gasteiger partial charge in [0.2, 0.25) is 0 Å². The van der Waals surface area contributed by atoms with Gasteiger partial charge < -0.3 is 9.64 Å². The number of nitrogens with zero attached hydrogens (tertiary/aromatic N) is 2. The fourth-order valence-electron chi connectivity index (χ4n) is 4.26. The molecule has 0 aromatic heterocycles. The molecule has 2 fully saturated rings. The van der Waals surface area contributed by atoms with Crippen LogP contribution in [0.5, 0.6) is 0 Å². The Labute approximate surface area is 170 Å². The van der Waals surface area contributed by atoms with E-state index in [0.29, 0.717) is 37.7 Å². The molecule has 1 aliphatic heterocycles. The molecule has 0 bridgehead atoms. The van der Waals surface area contributed by atoms with E-state index in [9.17, 15) is 21.6 Å². The van der Waals surface area contributed by atoms with Crippen LogP contribution in [-0.2, 0) is 20.8 Å². The lowest BCUT2D eigenvalue weighted by molar-refractivity contribution is -0.139. The van der Waals surface area contributed by atoms with Crippen molar-refractivity contribution in [1.82, 2.24) is 4.90 Å². The van der Waals surface area contributed by atoms with Gasteiger partial charge >= 0.3 is 6.18 Å². The standard InChI is InChI=1S/C20H29F3N2O3S/c1-14(2)24-8-10-25(11-9-24)15-4-7-19(18(12-15)20(21,22)23)29(26,27)17-6-5-16(13-17)28-3/h4,7,12,14,16-17H,5-6,8-11,13H2,1-3H3. The summed E-state index contributed by atoms with van der Waals surface area (Å²) in [7, 11) is -2.60. The van der Waals surface area contributed by atoms with Gasteiger partial charge in [0.25, 0.3) is 0 Å². The van der Waals surface area contributed by atoms with Crippen LogP contribution >= 0.6 is 0 Å². The maximum Gasteiger partial charge on any atom is 0.417 e. The zero-order valence-corrected chi connectivity index (χ0v) is 17.9. The van der Waals surface area contributed by atoms with E-state index in [1.165, 1.54) is 13.2 Å². The van der Waals surface area contributed by atoms with E-state index >= 15 is 0 Å². The molecule has 0 spiro atoms. The van der Waals surface area contributed by atoms with Gasteiger partial charge in [0.05, 0.1) is 21.8 Å². The van der Waals surface area contributed by atoms with Gasteiger partial charge in [-0.05, 0) is 51.3 Å². The number of hydrogen-bond acceptors (Lipinski definition) is 5. The Balaban J connectivity index is 1.90. The minimum Gasteiger partial charge on any atom is -0.381 e. The number of halogens is 3. The molecule has 3 rings (SSSR count). The molecule has 1 heterocycles. The van der Waals surface area contributed by atoms with Crippen LogP contribution in [0.1, 0.15) is 38.7 Å². The minimum absolute atomic E-state index is 0.222. The third-order valence-corrected chi connectivity index (χ3v) is 8.37. The summed E-state index contributed by atoms with van der Waals surface area (Å²) in [5.41, 5.74) is -0.650. The Morgan fingerprint density at radius 1 is 1.10 bits per heavy atom. The highest BCUT2D eigenvalue weighted by Gasteiger charge is 2.42. The molecule has 0 amide bonds. The minimum atomic E-state index is -4.74. The smallest absolute Gasteiger partial charge is 0.381 e. The molecule has 0 radical (unpaired) electrons. The van der Waals surface area contributed by atoms with E-state index in [2.05, 4.69) is 18.7 Å². The summed E-state index contributed by atoms with van der Waals surface area (Å²) in [6.07, 6.45) is -3.87. The Bertz CT molecular complexity index is 819. The maximum atomic E-state index is 13.8. The van der Waals surface area contributed by atoms with Gasteiger partial charge in [-0.1, -0.05) is 0 Å². The first-order valence-electron chi connectivity index (χ1n) is 10.0. The maximum absolute atomic E-state index is 13.8. The number of piperazine rings is 1. The van der Waals surface area contributed by atoms with Crippen LogP contribution in [0, 0.1) is 0 Å². The second kappa shape index (κ2) is 8.43. The number of rotatable bonds is 5. The lowest BCUT2D eigenvalue weighted by Crippen LogP contribution is -2.49. The molecule has 1 aromatic carbocycles. The van der Waals surface area contributed by atoms with Crippen LogP contribution in [-0.4, -0.2) is 64.0 Å². The Morgan fingerprint density at radius 3 is 2.28 bits per heavy atom. The average molecular weight is 435 g/mol. The Morgan fingerprint density at radius 2 is 1.76 bits per heavy atom. The van der Waals surface area contributed by atoms with Gasteiger partial charge in [0.15, 0.2) is 9.84 Å². The van der Waals surface area contributed by atoms with E-state index in [0.717, 1.165) is 25.2 Å². The van der Waals surface area contributed by atoms with E-state index in [-0.39, 0.29) is 12.5 Å². The first kappa shape index (κ1) is 22.4. The molecule has 2 aliphatic rings. The molecular formula is C20H29F3N2O3S. The summed E-state index contributed by atoms with van der Waals surface area (Å²) in [5, 5.41) is -0.839. The molecule has 2 atom stereocenters. The van der Waals surface area contributed by atoms with Crippen LogP contribution in [0.15, 0.2) is 23.1 Å². The zero-order valence-electron chi connectivity index (χ0n) is 17.1. The van der Waals surface area contributed by atoms with E-state index in [4.69, 9.17) is 4.74 Å². The predicted octanol–water partition coefficient (Wildman–Crippen LogP) is 3.58. The molecule has 1 aliphatic carbocycles. The van der Waals surface area contributed by atoms with Gasteiger partial charge in [-0.2, -0.15) is 13.2 Å². The van der Waals surface area contributed by atoms with E-state index in [1.807, 2.05) is 4.90 Å². The predicted molar refractivity (Wildman–Crippen MR) is 106 cm³/mol. The van der Waals surface area contributed by atoms with Crippen LogP contribution in [0.25, 0.3) is 0 Å². The number of anilines is 1. The number of alkyl halides is 3. The number of sulfone groups is 1. The highest BCUT2D eigenvalue weighted by atomic mass is 32.2. The number of benzene rings is 1. The van der Waals surface area contributed by atoms with E-state index < -0.39 is 31.7 Å². The monoisotopic (exact) mass is 434 g/mol. The van der Waals surface area contributed by atoms with Crippen molar-refractivity contribution in [3.63, 3.8) is 0 Å². The molecule has 1 saturated carbocycles. The normalized spacial score (nSPS) is 24.4. The average Bonchev–Trinajstić information content (AvgIpc) is 3.17. The molecule has 164 valence electrons. The zero-order chi connectivity index (χ0) is 21.4. The van der Waals surface area contributed by atoms with Crippen molar-refractivity contribution in [2.75, 3.05) is 38.2 Å². The first-order chi connectivity index (χ1) is 13.5. The van der Waals surface area contributed by atoms with Crippen LogP contribution < -0.4 is 4.90 Å². The van der Waals surface area contributed by atoms with Crippen molar-refractivity contribution in [1.29, 1.82) is 0 Å². The molecule has 2 unspecified atom stereocenters. The summed E-state index contributed by atoms with van der Waals surface area (Å²) >= 11 is 0. The molecule has 0 N–H and O–H groups in total. The molecule has 9 heteroatoms.